The van der Waals surface area contributed by atoms with Crippen LogP contribution in [0.15, 0.2) is 60.7 Å². The van der Waals surface area contributed by atoms with E-state index in [1.807, 2.05) is 12.1 Å². The summed E-state index contributed by atoms with van der Waals surface area (Å²) in [6.45, 7) is 0. The lowest BCUT2D eigenvalue weighted by Gasteiger charge is -2.25. The number of rotatable bonds is 5. The minimum Gasteiger partial charge on any atom is -0.508 e. The molecule has 0 aliphatic heterocycles. The molecule has 0 heterocycles. The molecule has 156 valence electrons. The summed E-state index contributed by atoms with van der Waals surface area (Å²) in [6.07, 6.45) is 6.35. The van der Waals surface area contributed by atoms with E-state index in [9.17, 15) is 15.3 Å². The molecule has 4 heteroatoms. The van der Waals surface area contributed by atoms with Gasteiger partial charge >= 0.3 is 0 Å². The Balaban J connectivity index is 1.47. The van der Waals surface area contributed by atoms with E-state index in [4.69, 9.17) is 0 Å². The normalized spacial score (nSPS) is 19.0. The first-order chi connectivity index (χ1) is 14.5. The molecule has 0 spiro atoms. The van der Waals surface area contributed by atoms with Crippen molar-refractivity contribution in [3.63, 3.8) is 0 Å². The fraction of sp³-hybridized carbons (Fsp3) is 0.308. The third-order valence-corrected chi connectivity index (χ3v) is 6.90. The highest BCUT2D eigenvalue weighted by molar-refractivity contribution is 7.28. The van der Waals surface area contributed by atoms with Crippen molar-refractivity contribution in [2.75, 3.05) is 0 Å². The molecule has 1 unspecified atom stereocenters. The third kappa shape index (κ3) is 4.69. The lowest BCUT2D eigenvalue weighted by Crippen LogP contribution is -2.18. The van der Waals surface area contributed by atoms with Gasteiger partial charge in [-0.25, -0.2) is 0 Å². The highest BCUT2D eigenvalue weighted by Crippen LogP contribution is 2.34. The largest absolute Gasteiger partial charge is 0.508 e. The molecule has 0 amide bonds. The number of aromatic hydroxyl groups is 2. The lowest BCUT2D eigenvalue weighted by molar-refractivity contribution is 0.106. The SMILES string of the molecule is Oc1ccc(-c2ccc(-c3ccc(CCC4CCC(O)CC4)cc3)c(P)c2O)cc1. The average molecular weight is 420 g/mol. The van der Waals surface area contributed by atoms with E-state index in [1.165, 1.54) is 12.0 Å². The van der Waals surface area contributed by atoms with Crippen LogP contribution < -0.4 is 5.30 Å². The van der Waals surface area contributed by atoms with Crippen molar-refractivity contribution in [1.82, 2.24) is 0 Å². The van der Waals surface area contributed by atoms with Gasteiger partial charge in [0.1, 0.15) is 11.5 Å². The number of hydrogen-bond donors (Lipinski definition) is 3. The zero-order valence-electron chi connectivity index (χ0n) is 17.1. The molecule has 1 atom stereocenters. The first-order valence-electron chi connectivity index (χ1n) is 10.7. The summed E-state index contributed by atoms with van der Waals surface area (Å²) >= 11 is 0. The van der Waals surface area contributed by atoms with Crippen molar-refractivity contribution in [1.29, 1.82) is 0 Å². The molecule has 1 aliphatic carbocycles. The van der Waals surface area contributed by atoms with Crippen LogP contribution >= 0.6 is 9.24 Å². The van der Waals surface area contributed by atoms with Crippen LogP contribution in [0.3, 0.4) is 0 Å². The Labute approximate surface area is 180 Å². The minimum atomic E-state index is -0.0847. The van der Waals surface area contributed by atoms with Gasteiger partial charge in [-0.05, 0) is 84.9 Å². The molecule has 3 aromatic rings. The van der Waals surface area contributed by atoms with E-state index in [2.05, 4.69) is 33.5 Å². The lowest BCUT2D eigenvalue weighted by atomic mass is 9.84. The predicted molar refractivity (Wildman–Crippen MR) is 126 cm³/mol. The number of aliphatic hydroxyl groups is 1. The van der Waals surface area contributed by atoms with Gasteiger partial charge < -0.3 is 15.3 Å². The van der Waals surface area contributed by atoms with E-state index < -0.39 is 0 Å². The third-order valence-electron chi connectivity index (χ3n) is 6.32. The van der Waals surface area contributed by atoms with Gasteiger partial charge in [-0.3, -0.25) is 0 Å². The highest BCUT2D eigenvalue weighted by Gasteiger charge is 2.19. The van der Waals surface area contributed by atoms with Crippen LogP contribution in [0, 0.1) is 5.92 Å². The van der Waals surface area contributed by atoms with Crippen LogP contribution in [0.2, 0.25) is 0 Å². The van der Waals surface area contributed by atoms with Gasteiger partial charge in [0.05, 0.1) is 6.10 Å². The zero-order chi connectivity index (χ0) is 21.1. The van der Waals surface area contributed by atoms with E-state index in [0.29, 0.717) is 0 Å². The number of benzene rings is 3. The molecule has 4 rings (SSSR count). The molecule has 0 radical (unpaired) electrons. The van der Waals surface area contributed by atoms with Crippen molar-refractivity contribution in [2.45, 2.75) is 44.6 Å². The second kappa shape index (κ2) is 9.20. The first-order valence-corrected chi connectivity index (χ1v) is 11.3. The highest BCUT2D eigenvalue weighted by atomic mass is 31.0. The van der Waals surface area contributed by atoms with Gasteiger partial charge in [0.25, 0.3) is 0 Å². The topological polar surface area (TPSA) is 60.7 Å². The first kappa shape index (κ1) is 20.9. The van der Waals surface area contributed by atoms with Crippen molar-refractivity contribution in [3.8, 4) is 33.8 Å². The van der Waals surface area contributed by atoms with Gasteiger partial charge in [0.15, 0.2) is 0 Å². The zero-order valence-corrected chi connectivity index (χ0v) is 18.2. The molecule has 0 saturated heterocycles. The monoisotopic (exact) mass is 420 g/mol. The molecular formula is C26H29O3P. The van der Waals surface area contributed by atoms with Crippen molar-refractivity contribution in [2.24, 2.45) is 5.92 Å². The summed E-state index contributed by atoms with van der Waals surface area (Å²) in [5, 5.41) is 30.7. The van der Waals surface area contributed by atoms with Crippen molar-refractivity contribution >= 4 is 14.5 Å². The van der Waals surface area contributed by atoms with Gasteiger partial charge in [-0.2, -0.15) is 0 Å². The van der Waals surface area contributed by atoms with Crippen LogP contribution in [-0.2, 0) is 6.42 Å². The van der Waals surface area contributed by atoms with E-state index in [1.54, 1.807) is 24.3 Å². The average Bonchev–Trinajstić information content (AvgIpc) is 2.76. The number of hydrogen-bond acceptors (Lipinski definition) is 3. The fourth-order valence-corrected chi connectivity index (χ4v) is 4.81. The Morgan fingerprint density at radius 1 is 0.733 bits per heavy atom. The van der Waals surface area contributed by atoms with Crippen molar-refractivity contribution < 1.29 is 15.3 Å². The molecular weight excluding hydrogens is 391 g/mol. The predicted octanol–water partition coefficient (Wildman–Crippen LogP) is 5.42. The van der Waals surface area contributed by atoms with Gasteiger partial charge in [-0.1, -0.05) is 42.5 Å². The maximum absolute atomic E-state index is 10.8. The number of phenolic OH excluding ortho intramolecular Hbond substituents is 2. The van der Waals surface area contributed by atoms with E-state index >= 15 is 0 Å². The Bertz CT molecular complexity index is 988. The summed E-state index contributed by atoms with van der Waals surface area (Å²) in [6, 6.07) is 19.4. The van der Waals surface area contributed by atoms with Crippen LogP contribution in [0.25, 0.3) is 22.3 Å². The van der Waals surface area contributed by atoms with E-state index in [0.717, 1.165) is 65.6 Å². The maximum Gasteiger partial charge on any atom is 0.131 e. The summed E-state index contributed by atoms with van der Waals surface area (Å²) in [5.41, 5.74) is 5.02. The van der Waals surface area contributed by atoms with Crippen LogP contribution in [0.1, 0.15) is 37.7 Å². The number of phenols is 2. The van der Waals surface area contributed by atoms with Gasteiger partial charge in [0, 0.05) is 10.9 Å². The summed E-state index contributed by atoms with van der Waals surface area (Å²) in [4.78, 5) is 0. The Morgan fingerprint density at radius 3 is 1.97 bits per heavy atom. The molecule has 30 heavy (non-hydrogen) atoms. The summed E-state index contributed by atoms with van der Waals surface area (Å²) in [7, 11) is 2.67. The van der Waals surface area contributed by atoms with E-state index in [-0.39, 0.29) is 17.6 Å². The molecule has 1 aliphatic rings. The standard InChI is InChI=1S/C26H29O3P/c27-21-11-5-18(6-12-21)2-1-17-3-7-20(8-4-17)24-16-15-23(25(29)26(24)30)19-9-13-22(28)14-10-19/h3-4,7-10,13-16,18,21,27-29H,1-2,5-6,11-12,30H2. The smallest absolute Gasteiger partial charge is 0.131 e. The molecule has 3 aromatic carbocycles. The quantitative estimate of drug-likeness (QED) is 0.483. The Hall–Kier alpha value is -2.35. The molecule has 0 bridgehead atoms. The minimum absolute atomic E-state index is 0.0847. The molecule has 1 saturated carbocycles. The Kier molecular flexibility index (Phi) is 6.41. The molecule has 1 fully saturated rings. The van der Waals surface area contributed by atoms with Crippen LogP contribution in [0.5, 0.6) is 11.5 Å². The second-order valence-corrected chi connectivity index (χ2v) is 8.96. The van der Waals surface area contributed by atoms with Crippen molar-refractivity contribution in [3.05, 3.63) is 66.2 Å². The Morgan fingerprint density at radius 2 is 1.30 bits per heavy atom. The van der Waals surface area contributed by atoms with Crippen LogP contribution in [-0.4, -0.2) is 21.4 Å². The maximum atomic E-state index is 10.8. The summed E-state index contributed by atoms with van der Waals surface area (Å²) < 4.78 is 0. The second-order valence-electron chi connectivity index (χ2n) is 8.38. The fourth-order valence-electron chi connectivity index (χ4n) is 4.39. The summed E-state index contributed by atoms with van der Waals surface area (Å²) in [5.74, 6) is 1.19. The molecule has 0 aromatic heterocycles. The number of aryl methyl sites for hydroxylation is 1. The number of aliphatic hydroxyl groups excluding tert-OH is 1. The molecule has 3 nitrogen and oxygen atoms in total. The van der Waals surface area contributed by atoms with Crippen LogP contribution in [0.4, 0.5) is 0 Å². The molecule has 3 N–H and O–H groups in total. The van der Waals surface area contributed by atoms with Gasteiger partial charge in [0.2, 0.25) is 0 Å². The van der Waals surface area contributed by atoms with Gasteiger partial charge in [-0.15, -0.1) is 9.24 Å².